The second-order valence-electron chi connectivity index (χ2n) is 4.65. The summed E-state index contributed by atoms with van der Waals surface area (Å²) in [7, 11) is 0. The minimum Gasteiger partial charge on any atom is -0.479 e. The number of aliphatic carboxylic acids is 1. The molecule has 1 aliphatic heterocycles. The fourth-order valence-corrected chi connectivity index (χ4v) is 2.64. The first-order valence-electron chi connectivity index (χ1n) is 6.44. The van der Waals surface area contributed by atoms with Crippen LogP contribution in [0.3, 0.4) is 0 Å². The molecule has 20 heavy (non-hydrogen) atoms. The molecular formula is C14H16BrNO4. The summed E-state index contributed by atoms with van der Waals surface area (Å²) in [5.74, 6) is -1.22. The van der Waals surface area contributed by atoms with E-state index in [0.29, 0.717) is 6.54 Å². The van der Waals surface area contributed by atoms with Crippen LogP contribution in [-0.4, -0.2) is 41.1 Å². The molecule has 1 fully saturated rings. The molecule has 0 aliphatic carbocycles. The van der Waals surface area contributed by atoms with Gasteiger partial charge < -0.3 is 14.7 Å². The van der Waals surface area contributed by atoms with Crippen LogP contribution in [0, 0.1) is 0 Å². The number of nitrogens with zero attached hydrogens (tertiary/aromatic N) is 1. The normalized spacial score (nSPS) is 22.9. The molecule has 1 aromatic rings. The van der Waals surface area contributed by atoms with Crippen LogP contribution in [0.4, 0.5) is 0 Å². The second-order valence-corrected chi connectivity index (χ2v) is 5.57. The first-order valence-corrected chi connectivity index (χ1v) is 7.23. The molecule has 0 radical (unpaired) electrons. The molecule has 1 amide bonds. The SMILES string of the molecule is CCCN1C(=O)COC(C(=O)O)C1c1ccc(Br)cc1. The van der Waals surface area contributed by atoms with E-state index in [1.165, 1.54) is 0 Å². The monoisotopic (exact) mass is 341 g/mol. The van der Waals surface area contributed by atoms with Crippen molar-refractivity contribution in [1.82, 2.24) is 4.90 Å². The number of hydrogen-bond donors (Lipinski definition) is 1. The van der Waals surface area contributed by atoms with E-state index in [2.05, 4.69) is 15.9 Å². The van der Waals surface area contributed by atoms with Crippen LogP contribution < -0.4 is 0 Å². The van der Waals surface area contributed by atoms with Crippen LogP contribution in [0.15, 0.2) is 28.7 Å². The van der Waals surface area contributed by atoms with E-state index >= 15 is 0 Å². The Morgan fingerprint density at radius 1 is 1.45 bits per heavy atom. The Morgan fingerprint density at radius 2 is 2.10 bits per heavy atom. The van der Waals surface area contributed by atoms with Crippen molar-refractivity contribution < 1.29 is 19.4 Å². The second kappa shape index (κ2) is 6.37. The lowest BCUT2D eigenvalue weighted by molar-refractivity contribution is -0.173. The van der Waals surface area contributed by atoms with Gasteiger partial charge in [-0.3, -0.25) is 4.79 Å². The van der Waals surface area contributed by atoms with E-state index in [-0.39, 0.29) is 12.5 Å². The largest absolute Gasteiger partial charge is 0.479 e. The van der Waals surface area contributed by atoms with Crippen molar-refractivity contribution in [3.63, 3.8) is 0 Å². The predicted molar refractivity (Wildman–Crippen MR) is 76.3 cm³/mol. The zero-order chi connectivity index (χ0) is 14.7. The molecule has 0 spiro atoms. The molecule has 1 heterocycles. The summed E-state index contributed by atoms with van der Waals surface area (Å²) in [6.07, 6.45) is -0.258. The van der Waals surface area contributed by atoms with Gasteiger partial charge in [-0.1, -0.05) is 35.0 Å². The van der Waals surface area contributed by atoms with Crippen molar-refractivity contribution in [3.05, 3.63) is 34.3 Å². The minimum atomic E-state index is -1.05. The maximum Gasteiger partial charge on any atom is 0.335 e. The number of rotatable bonds is 4. The lowest BCUT2D eigenvalue weighted by atomic mass is 9.97. The lowest BCUT2D eigenvalue weighted by Crippen LogP contribution is -2.52. The van der Waals surface area contributed by atoms with Crippen LogP contribution in [0.5, 0.6) is 0 Å². The van der Waals surface area contributed by atoms with Gasteiger partial charge in [-0.15, -0.1) is 0 Å². The van der Waals surface area contributed by atoms with E-state index in [1.807, 2.05) is 31.2 Å². The third-order valence-corrected chi connectivity index (χ3v) is 3.78. The van der Waals surface area contributed by atoms with Gasteiger partial charge in [0.25, 0.3) is 0 Å². The van der Waals surface area contributed by atoms with E-state index < -0.39 is 18.1 Å². The van der Waals surface area contributed by atoms with Crippen molar-refractivity contribution >= 4 is 27.8 Å². The predicted octanol–water partition coefficient (Wildman–Crippen LogP) is 2.21. The minimum absolute atomic E-state index is 0.169. The zero-order valence-corrected chi connectivity index (χ0v) is 12.7. The summed E-state index contributed by atoms with van der Waals surface area (Å²) >= 11 is 3.34. The van der Waals surface area contributed by atoms with E-state index in [0.717, 1.165) is 16.5 Å². The molecule has 6 heteroatoms. The van der Waals surface area contributed by atoms with Crippen molar-refractivity contribution in [2.75, 3.05) is 13.2 Å². The Hall–Kier alpha value is -1.40. The standard InChI is InChI=1S/C14H16BrNO4/c1-2-7-16-11(17)8-20-13(14(18)19)12(16)9-3-5-10(15)6-4-9/h3-6,12-13H,2,7-8H2,1H3,(H,18,19). The molecule has 0 saturated carbocycles. The first-order chi connectivity index (χ1) is 9.54. The molecule has 1 N–H and O–H groups in total. The number of carboxylic acids is 1. The van der Waals surface area contributed by atoms with Gasteiger partial charge in [0.05, 0.1) is 6.04 Å². The van der Waals surface area contributed by atoms with Crippen molar-refractivity contribution in [2.45, 2.75) is 25.5 Å². The number of carboxylic acid groups (broad SMARTS) is 1. The summed E-state index contributed by atoms with van der Waals surface area (Å²) in [6, 6.07) is 6.71. The van der Waals surface area contributed by atoms with Gasteiger partial charge >= 0.3 is 5.97 Å². The maximum absolute atomic E-state index is 12.0. The molecule has 2 unspecified atom stereocenters. The van der Waals surface area contributed by atoms with Gasteiger partial charge in [0.2, 0.25) is 5.91 Å². The van der Waals surface area contributed by atoms with Crippen LogP contribution in [0.2, 0.25) is 0 Å². The molecular weight excluding hydrogens is 326 g/mol. The van der Waals surface area contributed by atoms with Gasteiger partial charge in [-0.2, -0.15) is 0 Å². The highest BCUT2D eigenvalue weighted by Gasteiger charge is 2.41. The number of halogens is 1. The van der Waals surface area contributed by atoms with Gasteiger partial charge in [0.15, 0.2) is 6.10 Å². The first kappa shape index (κ1) is 15.0. The summed E-state index contributed by atoms with van der Waals surface area (Å²) in [4.78, 5) is 25.0. The Labute approximate surface area is 125 Å². The smallest absolute Gasteiger partial charge is 0.335 e. The van der Waals surface area contributed by atoms with Crippen molar-refractivity contribution in [1.29, 1.82) is 0 Å². The number of carbonyl (C=O) groups excluding carboxylic acids is 1. The maximum atomic E-state index is 12.0. The molecule has 5 nitrogen and oxygen atoms in total. The van der Waals surface area contributed by atoms with Gasteiger partial charge in [0, 0.05) is 11.0 Å². The number of benzene rings is 1. The number of carbonyl (C=O) groups is 2. The molecule has 0 aromatic heterocycles. The van der Waals surface area contributed by atoms with Gasteiger partial charge in [0.1, 0.15) is 6.61 Å². The molecule has 2 rings (SSSR count). The number of morpholine rings is 1. The Balaban J connectivity index is 2.39. The van der Waals surface area contributed by atoms with Crippen molar-refractivity contribution in [2.24, 2.45) is 0 Å². The van der Waals surface area contributed by atoms with E-state index in [4.69, 9.17) is 4.74 Å². The average Bonchev–Trinajstić information content (AvgIpc) is 2.42. The van der Waals surface area contributed by atoms with Crippen LogP contribution in [-0.2, 0) is 14.3 Å². The summed E-state index contributed by atoms with van der Waals surface area (Å²) in [5.41, 5.74) is 0.766. The molecule has 1 aromatic carbocycles. The van der Waals surface area contributed by atoms with Crippen LogP contribution in [0.25, 0.3) is 0 Å². The summed E-state index contributed by atoms with van der Waals surface area (Å²) in [6.45, 7) is 2.30. The highest BCUT2D eigenvalue weighted by atomic mass is 79.9. The Bertz CT molecular complexity index is 502. The zero-order valence-electron chi connectivity index (χ0n) is 11.1. The number of hydrogen-bond acceptors (Lipinski definition) is 3. The molecule has 1 aliphatic rings. The highest BCUT2D eigenvalue weighted by Crippen LogP contribution is 2.31. The third-order valence-electron chi connectivity index (χ3n) is 3.25. The molecule has 108 valence electrons. The fraction of sp³-hybridized carbons (Fsp3) is 0.429. The topological polar surface area (TPSA) is 66.8 Å². The molecule has 0 bridgehead atoms. The quantitative estimate of drug-likeness (QED) is 0.911. The van der Waals surface area contributed by atoms with Gasteiger partial charge in [-0.05, 0) is 24.1 Å². The number of amides is 1. The van der Waals surface area contributed by atoms with Crippen LogP contribution >= 0.6 is 15.9 Å². The molecule has 2 atom stereocenters. The summed E-state index contributed by atoms with van der Waals surface area (Å²) < 4.78 is 6.12. The lowest BCUT2D eigenvalue weighted by Gasteiger charge is -2.39. The van der Waals surface area contributed by atoms with Crippen molar-refractivity contribution in [3.8, 4) is 0 Å². The fourth-order valence-electron chi connectivity index (χ4n) is 2.38. The summed E-state index contributed by atoms with van der Waals surface area (Å²) in [5, 5.41) is 9.32. The Kier molecular flexibility index (Phi) is 4.77. The van der Waals surface area contributed by atoms with E-state index in [9.17, 15) is 14.7 Å². The highest BCUT2D eigenvalue weighted by molar-refractivity contribution is 9.10. The average molecular weight is 342 g/mol. The third kappa shape index (κ3) is 3.02. The molecule has 1 saturated heterocycles. The van der Waals surface area contributed by atoms with Crippen LogP contribution in [0.1, 0.15) is 24.9 Å². The van der Waals surface area contributed by atoms with E-state index in [1.54, 1.807) is 4.90 Å². The number of ether oxygens (including phenoxy) is 1. The Morgan fingerprint density at radius 3 is 2.65 bits per heavy atom. The van der Waals surface area contributed by atoms with Gasteiger partial charge in [-0.25, -0.2) is 4.79 Å².